The van der Waals surface area contributed by atoms with Gasteiger partial charge in [0.25, 0.3) is 10.0 Å². The lowest BCUT2D eigenvalue weighted by Crippen LogP contribution is -2.18. The molecule has 1 heterocycles. The van der Waals surface area contributed by atoms with Gasteiger partial charge in [-0.2, -0.15) is 5.10 Å². The standard InChI is InChI=1S/C12H15FN4O2S/c1-8(2)17-12(5-6-15-17)16-20(18,19)11-4-3-9(14)7-10(11)13/h3-8,16H,14H2,1-2H3. The zero-order valence-corrected chi connectivity index (χ0v) is 11.9. The molecule has 1 aromatic heterocycles. The number of nitrogens with one attached hydrogen (secondary N) is 1. The molecule has 0 amide bonds. The van der Waals surface area contributed by atoms with Crippen molar-refractivity contribution in [3.8, 4) is 0 Å². The number of halogens is 1. The molecule has 1 aromatic carbocycles. The van der Waals surface area contributed by atoms with Crippen LogP contribution in [-0.2, 0) is 10.0 Å². The first kappa shape index (κ1) is 14.3. The Morgan fingerprint density at radius 2 is 2.05 bits per heavy atom. The average Bonchev–Trinajstić information content (AvgIpc) is 2.75. The second-order valence-corrected chi connectivity index (χ2v) is 6.20. The van der Waals surface area contributed by atoms with Crippen LogP contribution < -0.4 is 10.5 Å². The molecule has 0 aliphatic rings. The van der Waals surface area contributed by atoms with Crippen molar-refractivity contribution < 1.29 is 12.8 Å². The van der Waals surface area contributed by atoms with Gasteiger partial charge in [0, 0.05) is 17.8 Å². The first-order valence-electron chi connectivity index (χ1n) is 5.92. The number of nitrogen functional groups attached to an aromatic ring is 1. The third kappa shape index (κ3) is 2.74. The van der Waals surface area contributed by atoms with Crippen LogP contribution in [0, 0.1) is 5.82 Å². The number of rotatable bonds is 4. The van der Waals surface area contributed by atoms with E-state index < -0.39 is 20.7 Å². The summed E-state index contributed by atoms with van der Waals surface area (Å²) >= 11 is 0. The Hall–Kier alpha value is -2.09. The van der Waals surface area contributed by atoms with E-state index in [1.165, 1.54) is 23.0 Å². The van der Waals surface area contributed by atoms with Gasteiger partial charge in [-0.25, -0.2) is 17.5 Å². The van der Waals surface area contributed by atoms with Gasteiger partial charge in [0.1, 0.15) is 16.5 Å². The minimum Gasteiger partial charge on any atom is -0.399 e. The summed E-state index contributed by atoms with van der Waals surface area (Å²) in [5, 5.41) is 4.01. The second-order valence-electron chi connectivity index (χ2n) is 4.55. The second kappa shape index (κ2) is 5.12. The zero-order chi connectivity index (χ0) is 14.9. The Morgan fingerprint density at radius 3 is 2.65 bits per heavy atom. The van der Waals surface area contributed by atoms with Gasteiger partial charge >= 0.3 is 0 Å². The van der Waals surface area contributed by atoms with Crippen LogP contribution in [0.25, 0.3) is 0 Å². The smallest absolute Gasteiger partial charge is 0.265 e. The summed E-state index contributed by atoms with van der Waals surface area (Å²) in [6.45, 7) is 3.71. The molecule has 2 aromatic rings. The molecule has 0 spiro atoms. The van der Waals surface area contributed by atoms with Crippen molar-refractivity contribution in [3.05, 3.63) is 36.3 Å². The Labute approximate surface area is 116 Å². The van der Waals surface area contributed by atoms with E-state index in [1.54, 1.807) is 0 Å². The van der Waals surface area contributed by atoms with Gasteiger partial charge in [-0.1, -0.05) is 0 Å². The van der Waals surface area contributed by atoms with Crippen LogP contribution in [0.2, 0.25) is 0 Å². The fourth-order valence-electron chi connectivity index (χ4n) is 1.73. The van der Waals surface area contributed by atoms with Gasteiger partial charge in [0.2, 0.25) is 0 Å². The topological polar surface area (TPSA) is 90.0 Å². The molecule has 108 valence electrons. The highest BCUT2D eigenvalue weighted by Crippen LogP contribution is 2.21. The van der Waals surface area contributed by atoms with E-state index in [0.717, 1.165) is 12.1 Å². The highest BCUT2D eigenvalue weighted by Gasteiger charge is 2.21. The summed E-state index contributed by atoms with van der Waals surface area (Å²) in [6.07, 6.45) is 1.47. The third-order valence-electron chi connectivity index (χ3n) is 2.64. The maximum atomic E-state index is 13.7. The van der Waals surface area contributed by atoms with Crippen LogP contribution in [0.4, 0.5) is 15.9 Å². The Bertz CT molecular complexity index is 725. The number of hydrogen-bond acceptors (Lipinski definition) is 4. The number of nitrogens with two attached hydrogens (primary N) is 1. The van der Waals surface area contributed by atoms with Gasteiger partial charge in [0.15, 0.2) is 0 Å². The largest absolute Gasteiger partial charge is 0.399 e. The summed E-state index contributed by atoms with van der Waals surface area (Å²) in [6, 6.07) is 4.90. The molecule has 20 heavy (non-hydrogen) atoms. The van der Waals surface area contributed by atoms with Crippen LogP contribution in [0.1, 0.15) is 19.9 Å². The third-order valence-corrected chi connectivity index (χ3v) is 4.03. The van der Waals surface area contributed by atoms with E-state index in [1.807, 2.05) is 13.8 Å². The van der Waals surface area contributed by atoms with Gasteiger partial charge in [-0.05, 0) is 32.0 Å². The summed E-state index contributed by atoms with van der Waals surface area (Å²) in [4.78, 5) is -0.455. The molecule has 0 aliphatic carbocycles. The Kier molecular flexibility index (Phi) is 3.67. The molecule has 0 bridgehead atoms. The molecule has 0 atom stereocenters. The number of hydrogen-bond donors (Lipinski definition) is 2. The minimum atomic E-state index is -4.03. The van der Waals surface area contributed by atoms with Crippen LogP contribution in [0.3, 0.4) is 0 Å². The molecule has 6 nitrogen and oxygen atoms in total. The minimum absolute atomic E-state index is 0.0287. The molecule has 0 unspecified atom stereocenters. The van der Waals surface area contributed by atoms with E-state index in [9.17, 15) is 12.8 Å². The van der Waals surface area contributed by atoms with Crippen molar-refractivity contribution in [3.63, 3.8) is 0 Å². The van der Waals surface area contributed by atoms with Gasteiger partial charge in [-0.3, -0.25) is 4.72 Å². The molecule has 0 radical (unpaired) electrons. The molecule has 2 rings (SSSR count). The van der Waals surface area contributed by atoms with Crippen molar-refractivity contribution in [1.29, 1.82) is 0 Å². The predicted octanol–water partition coefficient (Wildman–Crippen LogP) is 1.99. The summed E-state index contributed by atoms with van der Waals surface area (Å²) in [5.41, 5.74) is 5.56. The van der Waals surface area contributed by atoms with Crippen LogP contribution in [0.15, 0.2) is 35.4 Å². The van der Waals surface area contributed by atoms with Crippen molar-refractivity contribution in [2.24, 2.45) is 0 Å². The number of sulfonamides is 1. The molecule has 0 aliphatic heterocycles. The monoisotopic (exact) mass is 298 g/mol. The van der Waals surface area contributed by atoms with E-state index >= 15 is 0 Å². The fourth-order valence-corrected chi connectivity index (χ4v) is 2.84. The molecule has 3 N–H and O–H groups in total. The van der Waals surface area contributed by atoms with Gasteiger partial charge in [-0.15, -0.1) is 0 Å². The average molecular weight is 298 g/mol. The lowest BCUT2D eigenvalue weighted by molar-refractivity contribution is 0.538. The molecule has 0 saturated heterocycles. The normalized spacial score (nSPS) is 11.8. The highest BCUT2D eigenvalue weighted by molar-refractivity contribution is 7.92. The maximum absolute atomic E-state index is 13.7. The van der Waals surface area contributed by atoms with Crippen molar-refractivity contribution >= 4 is 21.5 Å². The molecular weight excluding hydrogens is 283 g/mol. The fraction of sp³-hybridized carbons (Fsp3) is 0.250. The first-order valence-corrected chi connectivity index (χ1v) is 7.41. The van der Waals surface area contributed by atoms with E-state index in [2.05, 4.69) is 9.82 Å². The predicted molar refractivity (Wildman–Crippen MR) is 74.2 cm³/mol. The number of anilines is 2. The SMILES string of the molecule is CC(C)n1nccc1NS(=O)(=O)c1ccc(N)cc1F. The van der Waals surface area contributed by atoms with Crippen LogP contribution >= 0.6 is 0 Å². The lowest BCUT2D eigenvalue weighted by atomic mass is 10.3. The van der Waals surface area contributed by atoms with E-state index in [4.69, 9.17) is 5.73 Å². The van der Waals surface area contributed by atoms with Crippen LogP contribution in [-0.4, -0.2) is 18.2 Å². The van der Waals surface area contributed by atoms with Crippen LogP contribution in [0.5, 0.6) is 0 Å². The summed E-state index contributed by atoms with van der Waals surface area (Å²) in [7, 11) is -4.03. The summed E-state index contributed by atoms with van der Waals surface area (Å²) in [5.74, 6) is -0.621. The van der Waals surface area contributed by atoms with E-state index in [-0.39, 0.29) is 17.5 Å². The quantitative estimate of drug-likeness (QED) is 0.845. The molecule has 0 fully saturated rings. The van der Waals surface area contributed by atoms with Gasteiger partial charge < -0.3 is 5.73 Å². The van der Waals surface area contributed by atoms with Crippen molar-refractivity contribution in [2.75, 3.05) is 10.5 Å². The zero-order valence-electron chi connectivity index (χ0n) is 11.0. The maximum Gasteiger partial charge on any atom is 0.265 e. The van der Waals surface area contributed by atoms with Crippen molar-refractivity contribution in [2.45, 2.75) is 24.8 Å². The van der Waals surface area contributed by atoms with Crippen molar-refractivity contribution in [1.82, 2.24) is 9.78 Å². The Balaban J connectivity index is 2.38. The summed E-state index contributed by atoms with van der Waals surface area (Å²) < 4.78 is 41.9. The number of aromatic nitrogens is 2. The first-order chi connectivity index (χ1) is 9.31. The highest BCUT2D eigenvalue weighted by atomic mass is 32.2. The molecule has 0 saturated carbocycles. The number of nitrogens with zero attached hydrogens (tertiary/aromatic N) is 2. The van der Waals surface area contributed by atoms with E-state index in [0.29, 0.717) is 0 Å². The molecular formula is C12H15FN4O2S. The Morgan fingerprint density at radius 1 is 1.35 bits per heavy atom. The number of benzene rings is 1. The lowest BCUT2D eigenvalue weighted by Gasteiger charge is -2.13. The van der Waals surface area contributed by atoms with Gasteiger partial charge in [0.05, 0.1) is 6.20 Å². The molecule has 8 heteroatoms.